The molecule has 2 aromatic rings. The molecule has 0 spiro atoms. The van der Waals surface area contributed by atoms with Crippen molar-refractivity contribution in [3.63, 3.8) is 0 Å². The summed E-state index contributed by atoms with van der Waals surface area (Å²) in [6.07, 6.45) is 1.18. The molecule has 3 rings (SSSR count). The molecule has 1 fully saturated rings. The molecular weight excluding hydrogens is 336 g/mol. The summed E-state index contributed by atoms with van der Waals surface area (Å²) in [5.74, 6) is -0.0747. The molecule has 27 heavy (non-hydrogen) atoms. The fourth-order valence-corrected chi connectivity index (χ4v) is 3.90. The van der Waals surface area contributed by atoms with Gasteiger partial charge in [-0.3, -0.25) is 9.59 Å². The lowest BCUT2D eigenvalue weighted by molar-refractivity contribution is -0.139. The monoisotopic (exact) mass is 364 g/mol. The molecule has 1 aliphatic rings. The maximum atomic E-state index is 12.6. The van der Waals surface area contributed by atoms with Crippen LogP contribution in [0.3, 0.4) is 0 Å². The second-order valence-corrected chi connectivity index (χ2v) is 8.36. The number of nitrogens with one attached hydrogen (secondary N) is 1. The van der Waals surface area contributed by atoms with Crippen LogP contribution in [0.5, 0.6) is 0 Å². The van der Waals surface area contributed by atoms with Gasteiger partial charge in [0.1, 0.15) is 0 Å². The lowest BCUT2D eigenvalue weighted by atomic mass is 9.69. The molecule has 2 amide bonds. The van der Waals surface area contributed by atoms with E-state index in [4.69, 9.17) is 0 Å². The van der Waals surface area contributed by atoms with E-state index in [1.165, 1.54) is 11.1 Å². The van der Waals surface area contributed by atoms with Crippen LogP contribution in [-0.2, 0) is 15.0 Å². The molecule has 142 valence electrons. The van der Waals surface area contributed by atoms with Crippen LogP contribution in [0.4, 0.5) is 0 Å². The highest BCUT2D eigenvalue weighted by Gasteiger charge is 2.42. The van der Waals surface area contributed by atoms with Crippen LogP contribution >= 0.6 is 0 Å². The highest BCUT2D eigenvalue weighted by molar-refractivity contribution is 5.86. The van der Waals surface area contributed by atoms with Gasteiger partial charge in [0.15, 0.2) is 0 Å². The summed E-state index contributed by atoms with van der Waals surface area (Å²) < 4.78 is 0. The van der Waals surface area contributed by atoms with Gasteiger partial charge in [0, 0.05) is 23.9 Å². The van der Waals surface area contributed by atoms with E-state index in [-0.39, 0.29) is 29.3 Å². The minimum absolute atomic E-state index is 0.0431. The topological polar surface area (TPSA) is 49.4 Å². The Labute approximate surface area is 161 Å². The molecule has 1 N–H and O–H groups in total. The van der Waals surface area contributed by atoms with Crippen LogP contribution in [0.1, 0.15) is 44.7 Å². The van der Waals surface area contributed by atoms with E-state index >= 15 is 0 Å². The van der Waals surface area contributed by atoms with Crippen molar-refractivity contribution < 1.29 is 9.59 Å². The number of piperidine rings is 1. The third kappa shape index (κ3) is 4.38. The van der Waals surface area contributed by atoms with Crippen molar-refractivity contribution in [2.75, 3.05) is 13.1 Å². The van der Waals surface area contributed by atoms with Crippen molar-refractivity contribution in [3.8, 4) is 0 Å². The number of hydrogen-bond acceptors (Lipinski definition) is 2. The molecule has 4 nitrogen and oxygen atoms in total. The summed E-state index contributed by atoms with van der Waals surface area (Å²) in [6, 6.07) is 20.6. The summed E-state index contributed by atoms with van der Waals surface area (Å²) in [4.78, 5) is 26.8. The van der Waals surface area contributed by atoms with Crippen LogP contribution < -0.4 is 5.32 Å². The van der Waals surface area contributed by atoms with E-state index in [0.717, 1.165) is 6.42 Å². The first-order valence-corrected chi connectivity index (χ1v) is 9.50. The minimum Gasteiger partial charge on any atom is -0.350 e. The van der Waals surface area contributed by atoms with Crippen molar-refractivity contribution in [1.29, 1.82) is 0 Å². The fraction of sp³-hybridized carbons (Fsp3) is 0.391. The van der Waals surface area contributed by atoms with Gasteiger partial charge < -0.3 is 10.2 Å². The van der Waals surface area contributed by atoms with Gasteiger partial charge in [-0.05, 0) is 38.3 Å². The molecule has 0 saturated carbocycles. The van der Waals surface area contributed by atoms with Crippen molar-refractivity contribution in [2.45, 2.75) is 44.6 Å². The Hall–Kier alpha value is -2.62. The maximum absolute atomic E-state index is 12.6. The number of hydrogen-bond donors (Lipinski definition) is 1. The molecule has 4 heteroatoms. The molecule has 1 aliphatic heterocycles. The average Bonchev–Trinajstić information content (AvgIpc) is 2.64. The third-order valence-corrected chi connectivity index (χ3v) is 5.08. The predicted octanol–water partition coefficient (Wildman–Crippen LogP) is 3.51. The van der Waals surface area contributed by atoms with Crippen LogP contribution in [0, 0.1) is 0 Å². The number of amides is 2. The summed E-state index contributed by atoms with van der Waals surface area (Å²) in [6.45, 7) is 6.44. The summed E-state index contributed by atoms with van der Waals surface area (Å²) in [5.41, 5.74) is 1.76. The van der Waals surface area contributed by atoms with Crippen molar-refractivity contribution in [2.24, 2.45) is 0 Å². The molecule has 0 radical (unpaired) electrons. The van der Waals surface area contributed by atoms with E-state index < -0.39 is 0 Å². The summed E-state index contributed by atoms with van der Waals surface area (Å²) >= 11 is 0. The Morgan fingerprint density at radius 1 is 1.00 bits per heavy atom. The SMILES string of the molecule is CC(C)(C)NC(=O)CN1CC(c2ccccc2)(c2ccccc2)CCC1=O. The number of likely N-dealkylation sites (tertiary alicyclic amines) is 1. The van der Waals surface area contributed by atoms with Gasteiger partial charge in [0.25, 0.3) is 0 Å². The van der Waals surface area contributed by atoms with Gasteiger partial charge in [-0.1, -0.05) is 60.7 Å². The number of benzene rings is 2. The molecule has 0 bridgehead atoms. The first-order valence-electron chi connectivity index (χ1n) is 9.50. The third-order valence-electron chi connectivity index (χ3n) is 5.08. The molecule has 0 unspecified atom stereocenters. The van der Waals surface area contributed by atoms with Crippen molar-refractivity contribution in [3.05, 3.63) is 71.8 Å². The number of carbonyl (C=O) groups is 2. The van der Waals surface area contributed by atoms with E-state index in [0.29, 0.717) is 13.0 Å². The standard InChI is InChI=1S/C23H28N2O2/c1-22(2,3)24-20(26)16-25-17-23(15-14-21(25)27,18-10-6-4-7-11-18)19-12-8-5-9-13-19/h4-13H,14-17H2,1-3H3,(H,24,26). The zero-order chi connectivity index (χ0) is 19.5. The average molecular weight is 364 g/mol. The summed E-state index contributed by atoms with van der Waals surface area (Å²) in [5, 5.41) is 2.96. The Bertz CT molecular complexity index is 755. The minimum atomic E-state index is -0.314. The van der Waals surface area contributed by atoms with Gasteiger partial charge >= 0.3 is 0 Å². The van der Waals surface area contributed by atoms with Crippen LogP contribution in [0.2, 0.25) is 0 Å². The number of carbonyl (C=O) groups excluding carboxylic acids is 2. The Balaban J connectivity index is 1.93. The highest BCUT2D eigenvalue weighted by Crippen LogP contribution is 2.40. The fourth-order valence-electron chi connectivity index (χ4n) is 3.90. The van der Waals surface area contributed by atoms with Gasteiger partial charge in [-0.2, -0.15) is 0 Å². The Kier molecular flexibility index (Phi) is 5.36. The van der Waals surface area contributed by atoms with Crippen LogP contribution in [-0.4, -0.2) is 35.3 Å². The molecular formula is C23H28N2O2. The number of rotatable bonds is 4. The van der Waals surface area contributed by atoms with Gasteiger partial charge in [-0.15, -0.1) is 0 Å². The van der Waals surface area contributed by atoms with E-state index in [1.807, 2.05) is 57.2 Å². The second kappa shape index (κ2) is 7.55. The quantitative estimate of drug-likeness (QED) is 0.903. The van der Waals surface area contributed by atoms with Gasteiger partial charge in [0.2, 0.25) is 11.8 Å². The van der Waals surface area contributed by atoms with Crippen LogP contribution in [0.25, 0.3) is 0 Å². The lowest BCUT2D eigenvalue weighted by Gasteiger charge is -2.43. The van der Waals surface area contributed by atoms with E-state index in [2.05, 4.69) is 29.6 Å². The summed E-state index contributed by atoms with van der Waals surface area (Å²) in [7, 11) is 0. The first-order chi connectivity index (χ1) is 12.8. The van der Waals surface area contributed by atoms with Crippen LogP contribution in [0.15, 0.2) is 60.7 Å². The highest BCUT2D eigenvalue weighted by atomic mass is 16.2. The molecule has 0 aliphatic carbocycles. The smallest absolute Gasteiger partial charge is 0.240 e. The first kappa shape index (κ1) is 19.2. The van der Waals surface area contributed by atoms with Gasteiger partial charge in [-0.25, -0.2) is 0 Å². The van der Waals surface area contributed by atoms with Crippen molar-refractivity contribution in [1.82, 2.24) is 10.2 Å². The molecule has 1 heterocycles. The normalized spacial score (nSPS) is 16.9. The predicted molar refractivity (Wildman–Crippen MR) is 107 cm³/mol. The lowest BCUT2D eigenvalue weighted by Crippen LogP contribution is -2.54. The zero-order valence-electron chi connectivity index (χ0n) is 16.4. The van der Waals surface area contributed by atoms with E-state index in [1.54, 1.807) is 4.90 Å². The molecule has 0 aromatic heterocycles. The van der Waals surface area contributed by atoms with E-state index in [9.17, 15) is 9.59 Å². The maximum Gasteiger partial charge on any atom is 0.240 e. The Morgan fingerprint density at radius 2 is 1.52 bits per heavy atom. The molecule has 0 atom stereocenters. The zero-order valence-corrected chi connectivity index (χ0v) is 16.4. The number of nitrogens with zero attached hydrogens (tertiary/aromatic N) is 1. The molecule has 2 aromatic carbocycles. The molecule has 1 saturated heterocycles. The largest absolute Gasteiger partial charge is 0.350 e. The Morgan fingerprint density at radius 3 is 2.00 bits per heavy atom. The second-order valence-electron chi connectivity index (χ2n) is 8.36. The van der Waals surface area contributed by atoms with Gasteiger partial charge in [0.05, 0.1) is 6.54 Å². The van der Waals surface area contributed by atoms with Crippen molar-refractivity contribution >= 4 is 11.8 Å².